The van der Waals surface area contributed by atoms with E-state index < -0.39 is 0 Å². The first-order valence-electron chi connectivity index (χ1n) is 10.7. The molecule has 0 aromatic heterocycles. The van der Waals surface area contributed by atoms with Crippen LogP contribution in [0.5, 0.6) is 0 Å². The molecule has 2 N–H and O–H groups in total. The van der Waals surface area contributed by atoms with Gasteiger partial charge < -0.3 is 10.6 Å². The van der Waals surface area contributed by atoms with Gasteiger partial charge in [0.2, 0.25) is 0 Å². The van der Waals surface area contributed by atoms with E-state index in [1.807, 2.05) is 48.5 Å². The van der Waals surface area contributed by atoms with Crippen LogP contribution in [0.1, 0.15) is 80.8 Å². The van der Waals surface area contributed by atoms with Crippen LogP contribution >= 0.6 is 12.2 Å². The van der Waals surface area contributed by atoms with E-state index in [-0.39, 0.29) is 11.2 Å². The van der Waals surface area contributed by atoms with Crippen molar-refractivity contribution in [2.45, 2.75) is 70.8 Å². The summed E-state index contributed by atoms with van der Waals surface area (Å²) in [5, 5.41) is 7.33. The van der Waals surface area contributed by atoms with E-state index in [0.29, 0.717) is 22.3 Å². The van der Waals surface area contributed by atoms with Crippen molar-refractivity contribution in [2.24, 2.45) is 0 Å². The second kappa shape index (κ2) is 9.53. The Kier molecular flexibility index (Phi) is 7.07. The first-order valence-corrected chi connectivity index (χ1v) is 11.1. The Bertz CT molecular complexity index is 844. The molecule has 0 atom stereocenters. The van der Waals surface area contributed by atoms with Crippen LogP contribution in [-0.2, 0) is 5.41 Å². The fourth-order valence-corrected chi connectivity index (χ4v) is 4.09. The first-order chi connectivity index (χ1) is 13.8. The molecule has 0 spiro atoms. The lowest BCUT2D eigenvalue weighted by molar-refractivity contribution is 0.103. The normalized spacial score (nSPS) is 15.4. The third-order valence-electron chi connectivity index (χ3n) is 5.59. The van der Waals surface area contributed by atoms with Gasteiger partial charge in [0, 0.05) is 22.9 Å². The van der Waals surface area contributed by atoms with Crippen molar-refractivity contribution in [1.82, 2.24) is 5.32 Å². The topological polar surface area (TPSA) is 41.1 Å². The fourth-order valence-electron chi connectivity index (χ4n) is 3.80. The molecule has 154 valence electrons. The van der Waals surface area contributed by atoms with Gasteiger partial charge in [-0.25, -0.2) is 0 Å². The summed E-state index contributed by atoms with van der Waals surface area (Å²) in [7, 11) is 0. The Morgan fingerprint density at radius 1 is 0.931 bits per heavy atom. The minimum atomic E-state index is 0.0248. The summed E-state index contributed by atoms with van der Waals surface area (Å²) in [6.45, 7) is 6.51. The van der Waals surface area contributed by atoms with Crippen molar-refractivity contribution < 1.29 is 4.79 Å². The molecular weight excluding hydrogens is 376 g/mol. The summed E-state index contributed by atoms with van der Waals surface area (Å²) >= 11 is 5.51. The van der Waals surface area contributed by atoms with Crippen molar-refractivity contribution in [2.75, 3.05) is 5.32 Å². The molecule has 0 bridgehead atoms. The minimum absolute atomic E-state index is 0.0248. The van der Waals surface area contributed by atoms with Crippen LogP contribution < -0.4 is 10.6 Å². The van der Waals surface area contributed by atoms with Crippen molar-refractivity contribution in [3.63, 3.8) is 0 Å². The molecule has 0 aliphatic heterocycles. The maximum absolute atomic E-state index is 12.9. The van der Waals surface area contributed by atoms with E-state index in [0.717, 1.165) is 5.69 Å². The van der Waals surface area contributed by atoms with Crippen molar-refractivity contribution in [3.05, 3.63) is 65.2 Å². The monoisotopic (exact) mass is 408 g/mol. The number of carbonyl (C=O) groups is 1. The number of anilines is 1. The maximum atomic E-state index is 12.9. The number of nitrogens with one attached hydrogen (secondary N) is 2. The third-order valence-corrected chi connectivity index (χ3v) is 5.81. The molecule has 0 unspecified atom stereocenters. The summed E-state index contributed by atoms with van der Waals surface area (Å²) in [5.41, 5.74) is 3.50. The van der Waals surface area contributed by atoms with Crippen LogP contribution in [0.15, 0.2) is 48.5 Å². The van der Waals surface area contributed by atoms with Crippen LogP contribution in [0.2, 0.25) is 0 Å². The van der Waals surface area contributed by atoms with Gasteiger partial charge in [-0.05, 0) is 48.2 Å². The van der Waals surface area contributed by atoms with Gasteiger partial charge in [-0.3, -0.25) is 4.79 Å². The highest BCUT2D eigenvalue weighted by molar-refractivity contribution is 7.80. The van der Waals surface area contributed by atoms with Crippen molar-refractivity contribution in [3.8, 4) is 0 Å². The van der Waals surface area contributed by atoms with Crippen LogP contribution in [0.4, 0.5) is 5.69 Å². The smallest absolute Gasteiger partial charge is 0.193 e. The van der Waals surface area contributed by atoms with E-state index in [1.54, 1.807) is 0 Å². The molecule has 0 heterocycles. The molecule has 29 heavy (non-hydrogen) atoms. The van der Waals surface area contributed by atoms with Crippen LogP contribution in [-0.4, -0.2) is 16.9 Å². The van der Waals surface area contributed by atoms with E-state index >= 15 is 0 Å². The summed E-state index contributed by atoms with van der Waals surface area (Å²) in [6.07, 6.45) is 7.50. The second-order valence-electron chi connectivity index (χ2n) is 9.02. The molecule has 1 fully saturated rings. The molecule has 1 aliphatic rings. The average Bonchev–Trinajstić information content (AvgIpc) is 2.95. The Morgan fingerprint density at radius 3 is 2.21 bits per heavy atom. The molecule has 1 aliphatic carbocycles. The van der Waals surface area contributed by atoms with Gasteiger partial charge in [0.05, 0.1) is 0 Å². The minimum Gasteiger partial charge on any atom is -0.360 e. The highest BCUT2D eigenvalue weighted by Gasteiger charge is 2.16. The lowest BCUT2D eigenvalue weighted by atomic mass is 9.86. The third kappa shape index (κ3) is 6.14. The molecule has 4 heteroatoms. The molecule has 3 nitrogen and oxygen atoms in total. The van der Waals surface area contributed by atoms with Gasteiger partial charge in [0.15, 0.2) is 10.9 Å². The molecule has 0 saturated heterocycles. The van der Waals surface area contributed by atoms with Gasteiger partial charge in [0.25, 0.3) is 0 Å². The highest BCUT2D eigenvalue weighted by Crippen LogP contribution is 2.23. The second-order valence-corrected chi connectivity index (χ2v) is 9.43. The highest BCUT2D eigenvalue weighted by atomic mass is 32.1. The molecule has 1 saturated carbocycles. The number of carbonyl (C=O) groups excluding carboxylic acids is 1. The molecule has 0 radical (unpaired) electrons. The maximum Gasteiger partial charge on any atom is 0.193 e. The van der Waals surface area contributed by atoms with Crippen molar-refractivity contribution in [1.29, 1.82) is 0 Å². The predicted octanol–water partition coefficient (Wildman–Crippen LogP) is 6.22. The number of rotatable bonds is 4. The van der Waals surface area contributed by atoms with Crippen molar-refractivity contribution >= 4 is 28.8 Å². The Labute approximate surface area is 180 Å². The summed E-state index contributed by atoms with van der Waals surface area (Å²) in [4.78, 5) is 12.9. The number of benzene rings is 2. The zero-order valence-corrected chi connectivity index (χ0v) is 18.6. The number of hydrogen-bond acceptors (Lipinski definition) is 2. The lowest BCUT2D eigenvalue weighted by Crippen LogP contribution is -2.37. The quantitative estimate of drug-likeness (QED) is 0.358. The van der Waals surface area contributed by atoms with Crippen LogP contribution in [0.25, 0.3) is 0 Å². The Balaban J connectivity index is 1.65. The van der Waals surface area contributed by atoms with Gasteiger partial charge in [-0.2, -0.15) is 0 Å². The number of thiocarbonyl (C=S) groups is 1. The summed E-state index contributed by atoms with van der Waals surface area (Å²) in [6, 6.07) is 15.9. The standard InChI is InChI=1S/C25H32N2OS/c1-25(2,3)20-15-13-18(14-16-20)23(28)19-9-8-12-22(17-19)27-24(29)26-21-10-6-4-5-7-11-21/h8-9,12-17,21H,4-7,10-11H2,1-3H3,(H2,26,27,29). The number of ketones is 1. The van der Waals surface area contributed by atoms with E-state index in [4.69, 9.17) is 12.2 Å². The average molecular weight is 409 g/mol. The van der Waals surface area contributed by atoms with Crippen LogP contribution in [0, 0.1) is 0 Å². The predicted molar refractivity (Wildman–Crippen MR) is 126 cm³/mol. The van der Waals surface area contributed by atoms with E-state index in [2.05, 4.69) is 31.4 Å². The zero-order chi connectivity index (χ0) is 20.9. The van der Waals surface area contributed by atoms with Gasteiger partial charge >= 0.3 is 0 Å². The number of hydrogen-bond donors (Lipinski definition) is 2. The zero-order valence-electron chi connectivity index (χ0n) is 17.8. The van der Waals surface area contributed by atoms with Gasteiger partial charge in [-0.1, -0.05) is 82.9 Å². The largest absolute Gasteiger partial charge is 0.360 e. The fraction of sp³-hybridized carbons (Fsp3) is 0.440. The summed E-state index contributed by atoms with van der Waals surface area (Å²) < 4.78 is 0. The molecule has 0 amide bonds. The van der Waals surface area contributed by atoms with Crippen LogP contribution in [0.3, 0.4) is 0 Å². The molecule has 3 rings (SSSR count). The Hall–Kier alpha value is -2.20. The molecule has 2 aromatic carbocycles. The molecular formula is C25H32N2OS. The Morgan fingerprint density at radius 2 is 1.59 bits per heavy atom. The molecule has 2 aromatic rings. The lowest BCUT2D eigenvalue weighted by Gasteiger charge is -2.19. The van der Waals surface area contributed by atoms with E-state index in [1.165, 1.54) is 44.1 Å². The SMILES string of the molecule is CC(C)(C)c1ccc(C(=O)c2cccc(NC(=S)NC3CCCCCC3)c2)cc1. The first kappa shape index (κ1) is 21.5. The van der Waals surface area contributed by atoms with E-state index in [9.17, 15) is 4.79 Å². The summed E-state index contributed by atoms with van der Waals surface area (Å²) in [5.74, 6) is 0.0248. The van der Waals surface area contributed by atoms with Gasteiger partial charge in [-0.15, -0.1) is 0 Å². The van der Waals surface area contributed by atoms with Gasteiger partial charge in [0.1, 0.15) is 0 Å².